The van der Waals surface area contributed by atoms with Gasteiger partial charge < -0.3 is 137 Å². The number of hydrogen-bond donors (Lipinski definition) is 7. The third-order valence-electron chi connectivity index (χ3n) is 22.3. The number of esters is 5. The molecule has 0 saturated heterocycles. The second kappa shape index (κ2) is 58.7. The number of allylic oxidation sites excluding steroid dienone is 13. The first-order valence-corrected chi connectivity index (χ1v) is 54.7. The van der Waals surface area contributed by atoms with Crippen LogP contribution in [0.5, 0.6) is 57.5 Å². The summed E-state index contributed by atoms with van der Waals surface area (Å²) in [4.78, 5) is 97.9. The van der Waals surface area contributed by atoms with E-state index in [-0.39, 0.29) is 108 Å². The molecule has 5 aromatic rings. The molecule has 0 aromatic heterocycles. The fourth-order valence-electron chi connectivity index (χ4n) is 14.0. The smallest absolute Gasteiger partial charge is 0.353 e. The first-order chi connectivity index (χ1) is 68.0. The van der Waals surface area contributed by atoms with Crippen LogP contribution in [0, 0.1) is 45.9 Å². The second-order valence-corrected chi connectivity index (χ2v) is 46.6. The molecule has 44 nitrogen and oxygen atoms in total. The standard InChI is InChI=1S/2C18H23O7P.C16H19O7P.2C15H16O5.2C5H14O6P2.C2H3N/c2*1-11(8-9-26(21,23-4)24-5)6-7-13-16(19)15-14(10-25-18(15)20)12(2)17(13)22-3;1-9(6-7-24(19,20)21)4-5-11-14(17)13-12(8-23-16(13)18)10(2)15(11)22-3;2*1-8(6-16)4-5-10-13(17)12-11(7-20-15(12)18)9(2)14(10)19-3;2*1-8-12(6,9-2)5-13(7,10-3)11-4;1-2-3/h2*6,8-9,19H,7,10H2,1-5H3;4,6-7,17H,5,8H2,1-3H3,(H2,19,20,21);2*4,6,17H,5,7H2,1-3H3;2*5H2,1-4H3;1H3/b2*9-8+,11-6+;7-6+,9-4+;2*8-4+;;;. The summed E-state index contributed by atoms with van der Waals surface area (Å²) in [6.45, 7) is 19.8. The largest absolute Gasteiger partial charge is 0.507 e. The van der Waals surface area contributed by atoms with Gasteiger partial charge in [0, 0.05) is 165 Å². The molecular formula is C94H128NO43P7. The number of hydrogen-bond acceptors (Lipinski definition) is 42. The Morgan fingerprint density at radius 1 is 0.310 bits per heavy atom. The number of aromatic hydroxyl groups is 5. The second-order valence-electron chi connectivity index (χ2n) is 30.8. The van der Waals surface area contributed by atoms with Gasteiger partial charge in [-0.15, -0.1) is 0 Å². The molecule has 145 heavy (non-hydrogen) atoms. The van der Waals surface area contributed by atoms with Crippen molar-refractivity contribution in [3.63, 3.8) is 0 Å². The molecule has 0 spiro atoms. The molecule has 0 bridgehead atoms. The number of nitrogens with zero attached hydrogens (tertiary/aromatic N) is 1. The van der Waals surface area contributed by atoms with Crippen LogP contribution < -0.4 is 23.7 Å². The number of ether oxygens (including phenoxy) is 10. The van der Waals surface area contributed by atoms with Crippen LogP contribution in [0.2, 0.25) is 0 Å². The van der Waals surface area contributed by atoms with Crippen LogP contribution in [0.4, 0.5) is 0 Å². The molecule has 0 atom stereocenters. The quantitative estimate of drug-likeness (QED) is 0.00480. The van der Waals surface area contributed by atoms with E-state index in [0.29, 0.717) is 127 Å². The average molecular weight is 2180 g/mol. The van der Waals surface area contributed by atoms with Crippen molar-refractivity contribution < 1.29 is 202 Å². The fourth-order valence-corrected chi connectivity index (χ4v) is 23.7. The van der Waals surface area contributed by atoms with E-state index in [1.807, 2.05) is 53.7 Å². The Morgan fingerprint density at radius 2 is 0.476 bits per heavy atom. The normalized spacial score (nSPS) is 14.0. The number of carbonyl (C=O) groups is 7. The number of rotatable bonds is 39. The van der Waals surface area contributed by atoms with Crippen LogP contribution >= 0.6 is 53.2 Å². The monoisotopic (exact) mass is 2180 g/mol. The zero-order valence-electron chi connectivity index (χ0n) is 85.9. The molecule has 5 aliphatic heterocycles. The maximum Gasteiger partial charge on any atom is 0.353 e. The Kier molecular flexibility index (Phi) is 52.0. The summed E-state index contributed by atoms with van der Waals surface area (Å²) in [5, 5.41) is 59.5. The Labute approximate surface area is 841 Å². The van der Waals surface area contributed by atoms with Crippen molar-refractivity contribution in [3.05, 3.63) is 205 Å². The molecule has 5 heterocycles. The van der Waals surface area contributed by atoms with Crippen molar-refractivity contribution >= 4 is 95.6 Å². The molecular weight excluding hydrogens is 2050 g/mol. The molecule has 7 N–H and O–H groups in total. The third-order valence-corrected chi connectivity index (χ3v) is 35.9. The fraction of sp³-hybridized carbons (Fsp3) is 0.426. The summed E-state index contributed by atoms with van der Waals surface area (Å²) in [6, 6.07) is 1.75. The number of carbonyl (C=O) groups excluding carboxylic acids is 7. The summed E-state index contributed by atoms with van der Waals surface area (Å²) in [7, 11) is -1.69. The minimum Gasteiger partial charge on any atom is -0.507 e. The molecule has 0 saturated carbocycles. The van der Waals surface area contributed by atoms with Gasteiger partial charge in [0.25, 0.3) is 0 Å². The number of nitriles is 1. The Balaban J connectivity index is 0.000000438. The Bertz CT molecular complexity index is 5850. The molecule has 802 valence electrons. The van der Waals surface area contributed by atoms with Gasteiger partial charge in [-0.2, -0.15) is 5.26 Å². The van der Waals surface area contributed by atoms with Gasteiger partial charge in [0.05, 0.1) is 41.6 Å². The van der Waals surface area contributed by atoms with Crippen molar-refractivity contribution in [2.24, 2.45) is 0 Å². The summed E-state index contributed by atoms with van der Waals surface area (Å²) < 4.78 is 189. The maximum absolute atomic E-state index is 12.0. The highest BCUT2D eigenvalue weighted by atomic mass is 31.2. The zero-order chi connectivity index (χ0) is 111. The van der Waals surface area contributed by atoms with Gasteiger partial charge in [0.2, 0.25) is 0 Å². The predicted molar refractivity (Wildman–Crippen MR) is 532 cm³/mol. The lowest BCUT2D eigenvalue weighted by atomic mass is 9.95. The van der Waals surface area contributed by atoms with Gasteiger partial charge in [0.15, 0.2) is 11.8 Å². The number of phenolic OH excluding ortho intramolecular Hbond substituents is 5. The first-order valence-electron chi connectivity index (χ1n) is 42.9. The zero-order valence-corrected chi connectivity index (χ0v) is 92.2. The maximum atomic E-state index is 12.0. The van der Waals surface area contributed by atoms with Crippen molar-refractivity contribution in [1.82, 2.24) is 0 Å². The van der Waals surface area contributed by atoms with E-state index in [1.54, 1.807) is 64.1 Å². The highest BCUT2D eigenvalue weighted by Gasteiger charge is 2.41. The SMILES string of the molecule is CC#N.COP(=O)(CP(=O)(OC)OC)OC.COP(=O)(CP(=O)(OC)OC)OC.COc1c(C)c2c(c(O)c1C/C=C(C)/C=C/P(=O)(O)O)C(=O)OC2.COc1c(C)c2c(c(O)c1C/C=C(C)/C=C/P(=O)(OC)OC)C(=O)OC2.COc1c(C)c2c(c(O)c1C/C=C(C)/C=C/P(=O)(OC)OC)C(=O)OC2.COc1c(C)c2c(c(O)c1C/C=C(\C)C=O)C(=O)OC2.COc1c(C)c2c(c(O)c1C/C=C(\C)C=O)C(=O)OC2. The van der Waals surface area contributed by atoms with Crippen LogP contribution in [0.1, 0.15) is 177 Å². The topological polar surface area (TPSA) is 607 Å². The molecule has 51 heteroatoms. The van der Waals surface area contributed by atoms with E-state index >= 15 is 0 Å². The van der Waals surface area contributed by atoms with E-state index in [9.17, 15) is 91.0 Å². The van der Waals surface area contributed by atoms with Gasteiger partial charge in [0.1, 0.15) is 131 Å². The molecule has 0 radical (unpaired) electrons. The lowest BCUT2D eigenvalue weighted by molar-refractivity contribution is -0.105. The van der Waals surface area contributed by atoms with E-state index in [1.165, 1.54) is 146 Å². The molecule has 0 fully saturated rings. The van der Waals surface area contributed by atoms with Crippen LogP contribution in [0.3, 0.4) is 0 Å². The van der Waals surface area contributed by atoms with Gasteiger partial charge in [-0.1, -0.05) is 65.3 Å². The van der Waals surface area contributed by atoms with E-state index in [2.05, 4.69) is 36.2 Å². The summed E-state index contributed by atoms with van der Waals surface area (Å²) >= 11 is 0. The summed E-state index contributed by atoms with van der Waals surface area (Å²) in [5.41, 5.74) is 13.6. The molecule has 0 aliphatic carbocycles. The Morgan fingerprint density at radius 3 is 0.621 bits per heavy atom. The first kappa shape index (κ1) is 128. The highest BCUT2D eigenvalue weighted by Crippen LogP contribution is 2.64. The van der Waals surface area contributed by atoms with Gasteiger partial charge in [-0.05, 0) is 140 Å². The van der Waals surface area contributed by atoms with Crippen molar-refractivity contribution in [3.8, 4) is 63.6 Å². The van der Waals surface area contributed by atoms with E-state index in [0.717, 1.165) is 57.4 Å². The van der Waals surface area contributed by atoms with Crippen LogP contribution in [-0.4, -0.2) is 210 Å². The number of fused-ring (bicyclic) bond motifs is 5. The van der Waals surface area contributed by atoms with Gasteiger partial charge in [-0.3, -0.25) is 41.5 Å². The van der Waals surface area contributed by atoms with Gasteiger partial charge in [-0.25, -0.2) is 24.0 Å². The van der Waals surface area contributed by atoms with E-state index < -0.39 is 83.0 Å². The molecule has 5 aliphatic rings. The van der Waals surface area contributed by atoms with E-state index in [4.69, 9.17) is 80.5 Å². The summed E-state index contributed by atoms with van der Waals surface area (Å²) in [5.74, 6) is 1.92. The minimum absolute atomic E-state index is 0.101. The number of cyclic esters (lactones) is 5. The lowest BCUT2D eigenvalue weighted by Gasteiger charge is -2.18. The average Bonchev–Trinajstić information content (AvgIpc) is 1.65. The number of benzene rings is 5. The Hall–Kier alpha value is -10.8. The molecule has 5 aromatic carbocycles. The van der Waals surface area contributed by atoms with Crippen molar-refractivity contribution in [2.45, 2.75) is 141 Å². The number of methoxy groups -OCH3 is 5. The lowest BCUT2D eigenvalue weighted by Crippen LogP contribution is -2.03. The van der Waals surface area contributed by atoms with Crippen LogP contribution in [-0.2, 0) is 185 Å². The number of aldehydes is 2. The van der Waals surface area contributed by atoms with Crippen molar-refractivity contribution in [2.75, 3.05) is 133 Å². The minimum atomic E-state index is -4.22. The molecule has 10 rings (SSSR count). The molecule has 0 unspecified atom stereocenters. The third kappa shape index (κ3) is 34.2. The van der Waals surface area contributed by atoms with Crippen molar-refractivity contribution in [1.29, 1.82) is 5.26 Å². The van der Waals surface area contributed by atoms with Crippen LogP contribution in [0.15, 0.2) is 93.9 Å². The number of phenols is 5. The predicted octanol–water partition coefficient (Wildman–Crippen LogP) is 18.8. The summed E-state index contributed by atoms with van der Waals surface area (Å²) in [6.07, 6.45) is 16.1. The van der Waals surface area contributed by atoms with Gasteiger partial charge >= 0.3 is 83.0 Å². The highest BCUT2D eigenvalue weighted by molar-refractivity contribution is 7.72. The van der Waals surface area contributed by atoms with Crippen LogP contribution in [0.25, 0.3) is 0 Å². The molecule has 0 amide bonds.